The van der Waals surface area contributed by atoms with Gasteiger partial charge in [-0.3, -0.25) is 0 Å². The molecule has 0 N–H and O–H groups in total. The van der Waals surface area contributed by atoms with E-state index in [4.69, 9.17) is 0 Å². The van der Waals surface area contributed by atoms with Gasteiger partial charge < -0.3 is 4.90 Å². The van der Waals surface area contributed by atoms with Gasteiger partial charge in [-0.25, -0.2) is 4.98 Å². The molecule has 2 rings (SSSR count). The minimum Gasteiger partial charge on any atom is -0.326 e. The van der Waals surface area contributed by atoms with Crippen LogP contribution in [0.5, 0.6) is 0 Å². The first-order chi connectivity index (χ1) is 8.77. The molecule has 0 aliphatic rings. The molecule has 0 spiro atoms. The summed E-state index contributed by atoms with van der Waals surface area (Å²) in [6.07, 6.45) is 1.85. The summed E-state index contributed by atoms with van der Waals surface area (Å²) in [5, 5.41) is 0.818. The molecule has 0 aliphatic heterocycles. The zero-order valence-corrected chi connectivity index (χ0v) is 12.3. The SMILES string of the molecule is CCN(c1ccccc1C)c1ncccc1CBr. The smallest absolute Gasteiger partial charge is 0.136 e. The summed E-state index contributed by atoms with van der Waals surface area (Å²) in [6, 6.07) is 12.5. The van der Waals surface area contributed by atoms with Crippen molar-refractivity contribution in [2.45, 2.75) is 19.2 Å². The number of halogens is 1. The van der Waals surface area contributed by atoms with Gasteiger partial charge in [0.2, 0.25) is 0 Å². The van der Waals surface area contributed by atoms with E-state index in [0.29, 0.717) is 0 Å². The Morgan fingerprint density at radius 3 is 2.61 bits per heavy atom. The van der Waals surface area contributed by atoms with Crippen molar-refractivity contribution in [2.75, 3.05) is 11.4 Å². The van der Waals surface area contributed by atoms with Crippen LogP contribution in [-0.4, -0.2) is 11.5 Å². The Hall–Kier alpha value is -1.35. The second kappa shape index (κ2) is 6.01. The average molecular weight is 305 g/mol. The molecule has 3 heteroatoms. The number of alkyl halides is 1. The Kier molecular flexibility index (Phi) is 4.37. The number of aromatic nitrogens is 1. The highest BCUT2D eigenvalue weighted by Gasteiger charge is 2.13. The standard InChI is InChI=1S/C15H17BrN2/c1-3-18(14-9-5-4-7-12(14)2)15-13(11-16)8-6-10-17-15/h4-10H,3,11H2,1-2H3. The van der Waals surface area contributed by atoms with Crippen LogP contribution in [0.25, 0.3) is 0 Å². The molecular formula is C15H17BrN2. The number of anilines is 2. The molecule has 0 bridgehead atoms. The maximum atomic E-state index is 4.53. The molecule has 18 heavy (non-hydrogen) atoms. The highest BCUT2D eigenvalue weighted by atomic mass is 79.9. The lowest BCUT2D eigenvalue weighted by molar-refractivity contribution is 0.971. The van der Waals surface area contributed by atoms with Gasteiger partial charge in [-0.2, -0.15) is 0 Å². The molecule has 94 valence electrons. The van der Waals surface area contributed by atoms with Gasteiger partial charge in [0.25, 0.3) is 0 Å². The van der Waals surface area contributed by atoms with Crippen LogP contribution in [0.15, 0.2) is 42.6 Å². The first-order valence-electron chi connectivity index (χ1n) is 6.11. The van der Waals surface area contributed by atoms with Gasteiger partial charge in [0.15, 0.2) is 0 Å². The van der Waals surface area contributed by atoms with Gasteiger partial charge in [-0.1, -0.05) is 40.2 Å². The van der Waals surface area contributed by atoms with E-state index in [1.54, 1.807) is 0 Å². The molecule has 1 aromatic heterocycles. The van der Waals surface area contributed by atoms with E-state index in [2.05, 4.69) is 70.0 Å². The first-order valence-corrected chi connectivity index (χ1v) is 7.23. The third-order valence-corrected chi connectivity index (χ3v) is 3.59. The molecule has 2 nitrogen and oxygen atoms in total. The van der Waals surface area contributed by atoms with Crippen LogP contribution >= 0.6 is 15.9 Å². The Bertz CT molecular complexity index is 525. The van der Waals surface area contributed by atoms with E-state index < -0.39 is 0 Å². The van der Waals surface area contributed by atoms with Crippen molar-refractivity contribution in [3.63, 3.8) is 0 Å². The van der Waals surface area contributed by atoms with Gasteiger partial charge in [0.1, 0.15) is 5.82 Å². The molecule has 0 atom stereocenters. The molecule has 0 fully saturated rings. The van der Waals surface area contributed by atoms with Crippen LogP contribution in [0, 0.1) is 6.92 Å². The largest absolute Gasteiger partial charge is 0.326 e. The number of pyridine rings is 1. The van der Waals surface area contributed by atoms with E-state index in [9.17, 15) is 0 Å². The van der Waals surface area contributed by atoms with Crippen molar-refractivity contribution in [1.82, 2.24) is 4.98 Å². The van der Waals surface area contributed by atoms with Gasteiger partial charge in [-0.15, -0.1) is 0 Å². The third kappa shape index (κ3) is 2.56. The minimum absolute atomic E-state index is 0.818. The van der Waals surface area contributed by atoms with Crippen molar-refractivity contribution in [3.05, 3.63) is 53.7 Å². The zero-order valence-electron chi connectivity index (χ0n) is 10.7. The lowest BCUT2D eigenvalue weighted by Gasteiger charge is -2.25. The van der Waals surface area contributed by atoms with Crippen LogP contribution in [0.3, 0.4) is 0 Å². The van der Waals surface area contributed by atoms with Crippen molar-refractivity contribution in [2.24, 2.45) is 0 Å². The minimum atomic E-state index is 0.818. The molecule has 0 unspecified atom stereocenters. The molecule has 0 aliphatic carbocycles. The molecule has 0 amide bonds. The summed E-state index contributed by atoms with van der Waals surface area (Å²) in [4.78, 5) is 6.79. The van der Waals surface area contributed by atoms with Crippen LogP contribution in [0.1, 0.15) is 18.1 Å². The average Bonchev–Trinajstić information content (AvgIpc) is 2.42. The van der Waals surface area contributed by atoms with E-state index in [1.807, 2.05) is 12.3 Å². The Morgan fingerprint density at radius 1 is 1.17 bits per heavy atom. The van der Waals surface area contributed by atoms with Crippen LogP contribution in [0.2, 0.25) is 0 Å². The normalized spacial score (nSPS) is 10.4. The maximum Gasteiger partial charge on any atom is 0.136 e. The summed E-state index contributed by atoms with van der Waals surface area (Å²) < 4.78 is 0. The number of aryl methyl sites for hydroxylation is 1. The number of para-hydroxylation sites is 1. The van der Waals surface area contributed by atoms with E-state index >= 15 is 0 Å². The molecule has 0 saturated heterocycles. The van der Waals surface area contributed by atoms with E-state index in [0.717, 1.165) is 17.7 Å². The van der Waals surface area contributed by atoms with Gasteiger partial charge >= 0.3 is 0 Å². The number of hydrogen-bond donors (Lipinski definition) is 0. The zero-order chi connectivity index (χ0) is 13.0. The fourth-order valence-corrected chi connectivity index (χ4v) is 2.52. The summed E-state index contributed by atoms with van der Waals surface area (Å²) in [5.41, 5.74) is 3.70. The highest BCUT2D eigenvalue weighted by Crippen LogP contribution is 2.29. The quantitative estimate of drug-likeness (QED) is 0.776. The second-order valence-corrected chi connectivity index (χ2v) is 4.71. The summed E-state index contributed by atoms with van der Waals surface area (Å²) in [7, 11) is 0. The van der Waals surface area contributed by atoms with Crippen LogP contribution in [0.4, 0.5) is 11.5 Å². The second-order valence-electron chi connectivity index (χ2n) is 4.15. The van der Waals surface area contributed by atoms with E-state index in [-0.39, 0.29) is 0 Å². The van der Waals surface area contributed by atoms with Crippen molar-refractivity contribution < 1.29 is 0 Å². The Balaban J connectivity index is 2.49. The van der Waals surface area contributed by atoms with E-state index in [1.165, 1.54) is 16.8 Å². The molecule has 2 aromatic rings. The molecule has 1 aromatic carbocycles. The monoisotopic (exact) mass is 304 g/mol. The summed E-state index contributed by atoms with van der Waals surface area (Å²) >= 11 is 3.53. The van der Waals surface area contributed by atoms with Crippen molar-refractivity contribution in [1.29, 1.82) is 0 Å². The lowest BCUT2D eigenvalue weighted by Crippen LogP contribution is -2.19. The topological polar surface area (TPSA) is 16.1 Å². The Labute approximate surface area is 117 Å². The summed E-state index contributed by atoms with van der Waals surface area (Å²) in [6.45, 7) is 5.19. The summed E-state index contributed by atoms with van der Waals surface area (Å²) in [5.74, 6) is 1.03. The molecule has 0 radical (unpaired) electrons. The van der Waals surface area contributed by atoms with Gasteiger partial charge in [-0.05, 0) is 31.5 Å². The number of hydrogen-bond acceptors (Lipinski definition) is 2. The third-order valence-electron chi connectivity index (χ3n) is 2.99. The van der Waals surface area contributed by atoms with Gasteiger partial charge in [0, 0.05) is 29.3 Å². The fourth-order valence-electron chi connectivity index (χ4n) is 2.08. The van der Waals surface area contributed by atoms with Crippen LogP contribution in [-0.2, 0) is 5.33 Å². The molecule has 0 saturated carbocycles. The number of nitrogens with zero attached hydrogens (tertiary/aromatic N) is 2. The van der Waals surface area contributed by atoms with Crippen molar-refractivity contribution in [3.8, 4) is 0 Å². The van der Waals surface area contributed by atoms with Crippen LogP contribution < -0.4 is 4.90 Å². The lowest BCUT2D eigenvalue weighted by atomic mass is 10.1. The highest BCUT2D eigenvalue weighted by molar-refractivity contribution is 9.08. The maximum absolute atomic E-state index is 4.53. The fraction of sp³-hybridized carbons (Fsp3) is 0.267. The Morgan fingerprint density at radius 2 is 1.94 bits per heavy atom. The first kappa shape index (κ1) is 13.1. The predicted molar refractivity (Wildman–Crippen MR) is 80.7 cm³/mol. The van der Waals surface area contributed by atoms with Gasteiger partial charge in [0.05, 0.1) is 0 Å². The number of rotatable bonds is 4. The molecule has 1 heterocycles. The predicted octanol–water partition coefficient (Wildman–Crippen LogP) is 4.44. The van der Waals surface area contributed by atoms with Crippen molar-refractivity contribution >= 4 is 27.4 Å². The molecular weight excluding hydrogens is 288 g/mol. The number of benzene rings is 1.